The van der Waals surface area contributed by atoms with Crippen LogP contribution in [0.5, 0.6) is 0 Å². The molecule has 1 atom stereocenters. The van der Waals surface area contributed by atoms with E-state index in [1.165, 1.54) is 16.2 Å². The third-order valence-electron chi connectivity index (χ3n) is 2.93. The quantitative estimate of drug-likeness (QED) is 0.842. The lowest BCUT2D eigenvalue weighted by molar-refractivity contribution is 0.720. The van der Waals surface area contributed by atoms with Crippen molar-refractivity contribution < 1.29 is 0 Å². The summed E-state index contributed by atoms with van der Waals surface area (Å²) in [7, 11) is 1.98. The van der Waals surface area contributed by atoms with E-state index < -0.39 is 0 Å². The molecule has 0 saturated carbocycles. The Morgan fingerprint density at radius 1 is 1.39 bits per heavy atom. The average Bonchev–Trinajstić information content (AvgIpc) is 2.76. The smallest absolute Gasteiger partial charge is 0.0492 e. The third kappa shape index (κ3) is 3.37. The number of hydrogen-bond acceptors (Lipinski definition) is 3. The number of aryl methyl sites for hydroxylation is 2. The van der Waals surface area contributed by atoms with Crippen LogP contribution < -0.4 is 5.73 Å². The van der Waals surface area contributed by atoms with Gasteiger partial charge >= 0.3 is 0 Å². The molecule has 0 radical (unpaired) electrons. The second-order valence-corrected chi connectivity index (χ2v) is 5.57. The minimum atomic E-state index is 0.0997. The number of thioether (sulfide) groups is 1. The maximum absolute atomic E-state index is 5.89. The minimum absolute atomic E-state index is 0.0997. The van der Waals surface area contributed by atoms with Crippen LogP contribution in [0.4, 0.5) is 0 Å². The fraction of sp³-hybridized carbons (Fsp3) is 0.357. The van der Waals surface area contributed by atoms with Gasteiger partial charge in [-0.15, -0.1) is 11.8 Å². The van der Waals surface area contributed by atoms with Gasteiger partial charge in [0.15, 0.2) is 0 Å². The maximum atomic E-state index is 5.89. The molecule has 18 heavy (non-hydrogen) atoms. The van der Waals surface area contributed by atoms with Crippen molar-refractivity contribution in [3.63, 3.8) is 0 Å². The Labute approximate surface area is 112 Å². The largest absolute Gasteiger partial charge is 0.324 e. The van der Waals surface area contributed by atoms with E-state index in [1.54, 1.807) is 0 Å². The van der Waals surface area contributed by atoms with Gasteiger partial charge in [0.25, 0.3) is 0 Å². The Bertz CT molecular complexity index is 505. The summed E-state index contributed by atoms with van der Waals surface area (Å²) in [5.74, 6) is 1.06. The first-order chi connectivity index (χ1) is 8.66. The molecule has 1 unspecified atom stereocenters. The van der Waals surface area contributed by atoms with Gasteiger partial charge in [-0.05, 0) is 37.1 Å². The van der Waals surface area contributed by atoms with Crippen LogP contribution in [-0.2, 0) is 13.5 Å². The molecule has 2 rings (SSSR count). The highest BCUT2D eigenvalue weighted by Crippen LogP contribution is 2.22. The van der Waals surface area contributed by atoms with Crippen LogP contribution in [-0.4, -0.2) is 15.5 Å². The molecule has 0 saturated heterocycles. The fourth-order valence-electron chi connectivity index (χ4n) is 1.81. The van der Waals surface area contributed by atoms with Gasteiger partial charge in [-0.3, -0.25) is 4.68 Å². The van der Waals surface area contributed by atoms with E-state index in [2.05, 4.69) is 35.4 Å². The Morgan fingerprint density at radius 3 is 2.89 bits per heavy atom. The number of benzene rings is 1. The summed E-state index contributed by atoms with van der Waals surface area (Å²) in [6.07, 6.45) is 2.88. The van der Waals surface area contributed by atoms with Gasteiger partial charge in [0.1, 0.15) is 0 Å². The summed E-state index contributed by atoms with van der Waals surface area (Å²) in [5.41, 5.74) is 8.35. The van der Waals surface area contributed by atoms with Crippen molar-refractivity contribution in [2.75, 3.05) is 5.75 Å². The van der Waals surface area contributed by atoms with Gasteiger partial charge in [-0.1, -0.05) is 12.1 Å². The highest BCUT2D eigenvalue weighted by atomic mass is 32.2. The van der Waals surface area contributed by atoms with E-state index in [1.807, 2.05) is 36.6 Å². The second-order valence-electron chi connectivity index (χ2n) is 4.41. The van der Waals surface area contributed by atoms with Gasteiger partial charge in [-0.25, -0.2) is 0 Å². The zero-order valence-corrected chi connectivity index (χ0v) is 11.7. The van der Waals surface area contributed by atoms with Gasteiger partial charge in [0.05, 0.1) is 0 Å². The predicted molar refractivity (Wildman–Crippen MR) is 76.7 cm³/mol. The van der Waals surface area contributed by atoms with Crippen molar-refractivity contribution in [1.29, 1.82) is 0 Å². The van der Waals surface area contributed by atoms with Crippen molar-refractivity contribution in [2.24, 2.45) is 12.8 Å². The Morgan fingerprint density at radius 2 is 2.22 bits per heavy atom. The van der Waals surface area contributed by atoms with Crippen molar-refractivity contribution in [3.8, 4) is 0 Å². The minimum Gasteiger partial charge on any atom is -0.324 e. The number of aromatic nitrogens is 2. The molecule has 2 N–H and O–H groups in total. The molecule has 3 nitrogen and oxygen atoms in total. The third-order valence-corrected chi connectivity index (χ3v) is 3.93. The van der Waals surface area contributed by atoms with E-state index in [9.17, 15) is 0 Å². The number of rotatable bonds is 5. The molecule has 1 aromatic heterocycles. The molecule has 96 valence electrons. The SMILES string of the molecule is CC(N)c1cccc(SCCc2ccnn2C)c1. The van der Waals surface area contributed by atoms with Gasteiger partial charge in [-0.2, -0.15) is 5.10 Å². The normalized spacial score (nSPS) is 12.6. The predicted octanol–water partition coefficient (Wildman–Crippen LogP) is 2.77. The Hall–Kier alpha value is -1.26. The van der Waals surface area contributed by atoms with E-state index in [0.29, 0.717) is 0 Å². The molecule has 0 aliphatic rings. The molecular weight excluding hydrogens is 242 g/mol. The lowest BCUT2D eigenvalue weighted by Gasteiger charge is -2.08. The highest BCUT2D eigenvalue weighted by Gasteiger charge is 2.02. The molecule has 0 spiro atoms. The lowest BCUT2D eigenvalue weighted by Crippen LogP contribution is -2.04. The fourth-order valence-corrected chi connectivity index (χ4v) is 2.75. The Balaban J connectivity index is 1.90. The number of nitrogens with two attached hydrogens (primary N) is 1. The lowest BCUT2D eigenvalue weighted by atomic mass is 10.1. The first-order valence-corrected chi connectivity index (χ1v) is 7.10. The standard InChI is InChI=1S/C14H19N3S/c1-11(15)12-4-3-5-14(10-12)18-9-7-13-6-8-16-17(13)2/h3-6,8,10-11H,7,9,15H2,1-2H3. The molecule has 0 amide bonds. The zero-order valence-electron chi connectivity index (χ0n) is 10.8. The summed E-state index contributed by atoms with van der Waals surface area (Å²) >= 11 is 1.86. The number of nitrogens with zero attached hydrogens (tertiary/aromatic N) is 2. The molecule has 2 aromatic rings. The second kappa shape index (κ2) is 6.07. The molecule has 0 aliphatic carbocycles. The molecule has 0 bridgehead atoms. The van der Waals surface area contributed by atoms with E-state index in [0.717, 1.165) is 12.2 Å². The van der Waals surface area contributed by atoms with Crippen molar-refractivity contribution in [1.82, 2.24) is 9.78 Å². The summed E-state index contributed by atoms with van der Waals surface area (Å²) in [6, 6.07) is 10.6. The molecule has 1 aromatic carbocycles. The number of hydrogen-bond donors (Lipinski definition) is 1. The first kappa shape index (κ1) is 13.2. The van der Waals surface area contributed by atoms with Crippen LogP contribution in [0.25, 0.3) is 0 Å². The van der Waals surface area contributed by atoms with Gasteiger partial charge < -0.3 is 5.73 Å². The van der Waals surface area contributed by atoms with Crippen LogP contribution >= 0.6 is 11.8 Å². The van der Waals surface area contributed by atoms with E-state index in [4.69, 9.17) is 5.73 Å². The summed E-state index contributed by atoms with van der Waals surface area (Å²) < 4.78 is 1.93. The van der Waals surface area contributed by atoms with Crippen LogP contribution in [0.1, 0.15) is 24.2 Å². The van der Waals surface area contributed by atoms with Crippen molar-refractivity contribution in [3.05, 3.63) is 47.8 Å². The molecule has 4 heteroatoms. The zero-order chi connectivity index (χ0) is 13.0. The van der Waals surface area contributed by atoms with E-state index in [-0.39, 0.29) is 6.04 Å². The summed E-state index contributed by atoms with van der Waals surface area (Å²) in [4.78, 5) is 1.28. The van der Waals surface area contributed by atoms with E-state index >= 15 is 0 Å². The maximum Gasteiger partial charge on any atom is 0.0492 e. The van der Waals surface area contributed by atoms with Gasteiger partial charge in [0, 0.05) is 35.6 Å². The topological polar surface area (TPSA) is 43.8 Å². The van der Waals surface area contributed by atoms with Crippen LogP contribution in [0, 0.1) is 0 Å². The first-order valence-electron chi connectivity index (χ1n) is 6.12. The summed E-state index contributed by atoms with van der Waals surface area (Å²) in [5, 5.41) is 4.17. The van der Waals surface area contributed by atoms with Gasteiger partial charge in [0.2, 0.25) is 0 Å². The molecule has 0 aliphatic heterocycles. The molecule has 0 fully saturated rings. The molecular formula is C14H19N3S. The van der Waals surface area contributed by atoms with Crippen molar-refractivity contribution >= 4 is 11.8 Å². The van der Waals surface area contributed by atoms with Crippen molar-refractivity contribution in [2.45, 2.75) is 24.3 Å². The van der Waals surface area contributed by atoms with Crippen LogP contribution in [0.2, 0.25) is 0 Å². The van der Waals surface area contributed by atoms with Crippen LogP contribution in [0.3, 0.4) is 0 Å². The average molecular weight is 261 g/mol. The Kier molecular flexibility index (Phi) is 4.44. The summed E-state index contributed by atoms with van der Waals surface area (Å²) in [6.45, 7) is 2.01. The van der Waals surface area contributed by atoms with Crippen LogP contribution in [0.15, 0.2) is 41.4 Å². The monoisotopic (exact) mass is 261 g/mol. The molecule has 1 heterocycles. The highest BCUT2D eigenvalue weighted by molar-refractivity contribution is 7.99.